The number of pyridine rings is 1. The van der Waals surface area contributed by atoms with E-state index in [0.29, 0.717) is 58.2 Å². The molecule has 182 valence electrons. The Morgan fingerprint density at radius 2 is 2.00 bits per heavy atom. The first-order valence-corrected chi connectivity index (χ1v) is 11.6. The van der Waals surface area contributed by atoms with Crippen molar-refractivity contribution < 1.29 is 23.1 Å². The molecule has 0 atom stereocenters. The number of nitriles is 1. The second-order valence-electron chi connectivity index (χ2n) is 8.68. The van der Waals surface area contributed by atoms with E-state index in [1.165, 1.54) is 14.0 Å². The quantitative estimate of drug-likeness (QED) is 0.336. The monoisotopic (exact) mass is 485 g/mol. The van der Waals surface area contributed by atoms with Gasteiger partial charge in [0.05, 0.1) is 35.7 Å². The number of Topliss-reactive ketones (excluding diaryl/α,β-unsaturated/α-hetero) is 1. The van der Waals surface area contributed by atoms with Gasteiger partial charge < -0.3 is 19.2 Å². The molecular weight excluding hydrogens is 461 g/mol. The van der Waals surface area contributed by atoms with Crippen LogP contribution in [-0.4, -0.2) is 37.1 Å². The number of fused-ring (bicyclic) bond motifs is 1. The lowest BCUT2D eigenvalue weighted by Crippen LogP contribution is -2.28. The fraction of sp³-hybridized carbons (Fsp3) is 0.250. The van der Waals surface area contributed by atoms with Crippen molar-refractivity contribution in [1.82, 2.24) is 4.98 Å². The number of benzene rings is 2. The summed E-state index contributed by atoms with van der Waals surface area (Å²) in [6.07, 6.45) is 2.86. The molecule has 5 rings (SSSR count). The first-order valence-electron chi connectivity index (χ1n) is 11.6. The van der Waals surface area contributed by atoms with Crippen LogP contribution >= 0.6 is 0 Å². The summed E-state index contributed by atoms with van der Waals surface area (Å²) >= 11 is 0. The molecule has 0 radical (unpaired) electrons. The number of halogens is 1. The summed E-state index contributed by atoms with van der Waals surface area (Å²) in [6, 6.07) is 14.4. The second-order valence-corrected chi connectivity index (χ2v) is 8.68. The number of hydrogen-bond acceptors (Lipinski definition) is 7. The molecule has 2 aromatic heterocycles. The molecule has 1 aliphatic heterocycles. The zero-order valence-corrected chi connectivity index (χ0v) is 19.9. The summed E-state index contributed by atoms with van der Waals surface area (Å²) < 4.78 is 32.1. The Kier molecular flexibility index (Phi) is 6.40. The maximum atomic E-state index is 15.1. The molecule has 7 nitrogen and oxygen atoms in total. The van der Waals surface area contributed by atoms with Crippen LogP contribution in [0.5, 0.6) is 5.75 Å². The molecule has 0 aliphatic carbocycles. The molecule has 0 unspecified atom stereocenters. The summed E-state index contributed by atoms with van der Waals surface area (Å²) in [5, 5.41) is 13.2. The van der Waals surface area contributed by atoms with Gasteiger partial charge >= 0.3 is 0 Å². The smallest absolute Gasteiger partial charge is 0.164 e. The Morgan fingerprint density at radius 3 is 2.72 bits per heavy atom. The van der Waals surface area contributed by atoms with Crippen molar-refractivity contribution in [1.29, 1.82) is 5.26 Å². The molecular formula is C28H24FN3O4. The number of carbonyl (C=O) groups is 1. The first-order chi connectivity index (χ1) is 17.5. The van der Waals surface area contributed by atoms with E-state index < -0.39 is 5.82 Å². The van der Waals surface area contributed by atoms with E-state index >= 15 is 4.39 Å². The van der Waals surface area contributed by atoms with Gasteiger partial charge in [0.2, 0.25) is 0 Å². The van der Waals surface area contributed by atoms with Gasteiger partial charge in [0.25, 0.3) is 0 Å². The normalized spacial score (nSPS) is 13.9. The number of anilines is 1. The summed E-state index contributed by atoms with van der Waals surface area (Å²) in [5.41, 5.74) is 3.69. The SMILES string of the molecule is COc1cc(C(C)=O)ccc1-c1cc2ncc(F)c(-c3ccc(NC4CCOCC4)c(C#N)c3)c2o1. The highest BCUT2D eigenvalue weighted by molar-refractivity contribution is 5.96. The van der Waals surface area contributed by atoms with Crippen molar-refractivity contribution in [2.45, 2.75) is 25.8 Å². The Labute approximate surface area is 207 Å². The van der Waals surface area contributed by atoms with Crippen LogP contribution in [0.25, 0.3) is 33.6 Å². The van der Waals surface area contributed by atoms with E-state index in [9.17, 15) is 10.1 Å². The second kappa shape index (κ2) is 9.80. The molecule has 2 aromatic carbocycles. The van der Waals surface area contributed by atoms with Crippen molar-refractivity contribution in [3.63, 3.8) is 0 Å². The topological polar surface area (TPSA) is 97.4 Å². The number of nitrogens with zero attached hydrogens (tertiary/aromatic N) is 2. The Balaban J connectivity index is 1.57. The van der Waals surface area contributed by atoms with Gasteiger partial charge in [-0.25, -0.2) is 9.37 Å². The van der Waals surface area contributed by atoms with Gasteiger partial charge in [0.1, 0.15) is 23.1 Å². The molecule has 4 aromatic rings. The third-order valence-corrected chi connectivity index (χ3v) is 6.38. The van der Waals surface area contributed by atoms with Crippen LogP contribution in [0.4, 0.5) is 10.1 Å². The predicted octanol–water partition coefficient (Wildman–Crippen LogP) is 5.97. The molecule has 3 heterocycles. The van der Waals surface area contributed by atoms with Crippen molar-refractivity contribution in [2.24, 2.45) is 0 Å². The summed E-state index contributed by atoms with van der Waals surface area (Å²) in [7, 11) is 1.51. The number of hydrogen-bond donors (Lipinski definition) is 1. The van der Waals surface area contributed by atoms with E-state index in [1.807, 2.05) is 0 Å². The molecule has 0 saturated carbocycles. The lowest BCUT2D eigenvalue weighted by molar-refractivity contribution is 0.0904. The van der Waals surface area contributed by atoms with E-state index in [2.05, 4.69) is 16.4 Å². The molecule has 0 amide bonds. The number of furan rings is 1. The van der Waals surface area contributed by atoms with Gasteiger partial charge in [-0.2, -0.15) is 5.26 Å². The highest BCUT2D eigenvalue weighted by Crippen LogP contribution is 2.39. The minimum absolute atomic E-state index is 0.0847. The number of ether oxygens (including phenoxy) is 2. The van der Waals surface area contributed by atoms with Crippen LogP contribution in [0.1, 0.15) is 35.7 Å². The number of carbonyl (C=O) groups excluding carboxylic acids is 1. The van der Waals surface area contributed by atoms with Crippen LogP contribution in [0, 0.1) is 17.1 Å². The molecule has 0 bridgehead atoms. The Hall–Kier alpha value is -4.22. The van der Waals surface area contributed by atoms with Gasteiger partial charge in [-0.15, -0.1) is 0 Å². The minimum atomic E-state index is -0.559. The van der Waals surface area contributed by atoms with Crippen molar-refractivity contribution in [2.75, 3.05) is 25.6 Å². The third kappa shape index (κ3) is 4.41. The fourth-order valence-electron chi connectivity index (χ4n) is 4.45. The maximum absolute atomic E-state index is 15.1. The highest BCUT2D eigenvalue weighted by atomic mass is 19.1. The molecule has 8 heteroatoms. The summed E-state index contributed by atoms with van der Waals surface area (Å²) in [4.78, 5) is 16.0. The van der Waals surface area contributed by atoms with Gasteiger partial charge in [-0.1, -0.05) is 12.1 Å². The zero-order chi connectivity index (χ0) is 25.2. The predicted molar refractivity (Wildman–Crippen MR) is 134 cm³/mol. The molecule has 0 spiro atoms. The first kappa shape index (κ1) is 23.5. The van der Waals surface area contributed by atoms with Crippen molar-refractivity contribution in [3.05, 3.63) is 65.6 Å². The third-order valence-electron chi connectivity index (χ3n) is 6.38. The lowest BCUT2D eigenvalue weighted by Gasteiger charge is -2.24. The lowest BCUT2D eigenvalue weighted by atomic mass is 10.0. The number of rotatable bonds is 6. The van der Waals surface area contributed by atoms with Gasteiger partial charge in [0.15, 0.2) is 17.2 Å². The highest BCUT2D eigenvalue weighted by Gasteiger charge is 2.21. The standard InChI is InChI=1S/C28H24FN3O4/c1-16(33)17-3-5-21(25(12-17)34-2)26-13-24-28(36-26)27(22(29)15-31-24)18-4-6-23(19(11-18)14-30)32-20-7-9-35-10-8-20/h3-6,11-13,15,20,32H,7-10H2,1-2H3. The van der Waals surface area contributed by atoms with Gasteiger partial charge in [-0.3, -0.25) is 4.79 Å². The number of aromatic nitrogens is 1. The summed E-state index contributed by atoms with van der Waals surface area (Å²) in [5.74, 6) is 0.239. The Bertz CT molecular complexity index is 1500. The largest absolute Gasteiger partial charge is 0.496 e. The van der Waals surface area contributed by atoms with E-state index in [-0.39, 0.29) is 23.0 Å². The van der Waals surface area contributed by atoms with E-state index in [0.717, 1.165) is 19.0 Å². The van der Waals surface area contributed by atoms with Crippen LogP contribution in [0.2, 0.25) is 0 Å². The van der Waals surface area contributed by atoms with Crippen molar-refractivity contribution >= 4 is 22.6 Å². The van der Waals surface area contributed by atoms with Crippen LogP contribution in [0.15, 0.2) is 53.1 Å². The molecule has 36 heavy (non-hydrogen) atoms. The van der Waals surface area contributed by atoms with Crippen molar-refractivity contribution in [3.8, 4) is 34.3 Å². The summed E-state index contributed by atoms with van der Waals surface area (Å²) in [6.45, 7) is 2.84. The zero-order valence-electron chi connectivity index (χ0n) is 19.9. The minimum Gasteiger partial charge on any atom is -0.496 e. The van der Waals surface area contributed by atoms with Gasteiger partial charge in [-0.05, 0) is 49.6 Å². The van der Waals surface area contributed by atoms with E-state index in [4.69, 9.17) is 13.9 Å². The van der Waals surface area contributed by atoms with Crippen LogP contribution in [-0.2, 0) is 4.74 Å². The average molecular weight is 486 g/mol. The average Bonchev–Trinajstić information content (AvgIpc) is 3.33. The molecule has 1 aliphatic rings. The number of nitrogens with one attached hydrogen (secondary N) is 1. The Morgan fingerprint density at radius 1 is 1.19 bits per heavy atom. The maximum Gasteiger partial charge on any atom is 0.164 e. The van der Waals surface area contributed by atoms with Gasteiger partial charge in [0, 0.05) is 30.9 Å². The molecule has 1 fully saturated rings. The van der Waals surface area contributed by atoms with Crippen LogP contribution < -0.4 is 10.1 Å². The number of ketones is 1. The van der Waals surface area contributed by atoms with E-state index in [1.54, 1.807) is 42.5 Å². The molecule has 1 saturated heterocycles. The molecule has 1 N–H and O–H groups in total. The number of methoxy groups -OCH3 is 1. The van der Waals surface area contributed by atoms with Crippen LogP contribution in [0.3, 0.4) is 0 Å². The fourth-order valence-corrected chi connectivity index (χ4v) is 4.45.